The van der Waals surface area contributed by atoms with E-state index in [1.807, 2.05) is 6.07 Å². The molecule has 0 amide bonds. The second kappa shape index (κ2) is 4.85. The van der Waals surface area contributed by atoms with Gasteiger partial charge in [0.25, 0.3) is 0 Å². The minimum Gasteiger partial charge on any atom is -0.496 e. The molecule has 0 unspecified atom stereocenters. The summed E-state index contributed by atoms with van der Waals surface area (Å²) in [7, 11) is 1.74. The van der Waals surface area contributed by atoms with E-state index in [0.29, 0.717) is 5.82 Å². The third-order valence-corrected chi connectivity index (χ3v) is 4.39. The number of ether oxygens (including phenoxy) is 1. The number of H-pyrrole nitrogens is 1. The molecule has 0 radical (unpaired) electrons. The topological polar surface area (TPSA) is 63.9 Å². The number of hydrogen-bond acceptors (Lipinski definition) is 3. The van der Waals surface area contributed by atoms with E-state index in [9.17, 15) is 0 Å². The summed E-state index contributed by atoms with van der Waals surface area (Å²) in [4.78, 5) is 0. The number of aromatic nitrogens is 2. The van der Waals surface area contributed by atoms with Gasteiger partial charge in [-0.15, -0.1) is 0 Å². The van der Waals surface area contributed by atoms with Crippen molar-refractivity contribution in [2.75, 3.05) is 12.8 Å². The highest BCUT2D eigenvalue weighted by atomic mass is 16.5. The van der Waals surface area contributed by atoms with Gasteiger partial charge in [-0.2, -0.15) is 5.10 Å². The van der Waals surface area contributed by atoms with Gasteiger partial charge in [0.15, 0.2) is 0 Å². The van der Waals surface area contributed by atoms with Crippen LogP contribution in [-0.4, -0.2) is 17.3 Å². The van der Waals surface area contributed by atoms with Crippen LogP contribution in [-0.2, 0) is 12.8 Å². The Hall–Kier alpha value is -1.97. The van der Waals surface area contributed by atoms with Crippen molar-refractivity contribution >= 4 is 5.82 Å². The van der Waals surface area contributed by atoms with Gasteiger partial charge in [-0.05, 0) is 61.8 Å². The normalized spacial score (nSPS) is 14.2. The molecule has 1 aliphatic carbocycles. The molecule has 1 aliphatic rings. The molecule has 1 aromatic heterocycles. The first-order valence-electron chi connectivity index (χ1n) is 7.13. The zero-order valence-corrected chi connectivity index (χ0v) is 12.3. The van der Waals surface area contributed by atoms with Crippen molar-refractivity contribution in [3.05, 3.63) is 28.3 Å². The highest BCUT2D eigenvalue weighted by molar-refractivity contribution is 5.77. The van der Waals surface area contributed by atoms with Crippen molar-refractivity contribution in [3.8, 4) is 17.0 Å². The van der Waals surface area contributed by atoms with Gasteiger partial charge in [-0.25, -0.2) is 0 Å². The van der Waals surface area contributed by atoms with Crippen LogP contribution < -0.4 is 10.5 Å². The molecule has 2 aromatic rings. The summed E-state index contributed by atoms with van der Waals surface area (Å²) in [5.74, 6) is 1.46. The zero-order valence-electron chi connectivity index (χ0n) is 12.3. The van der Waals surface area contributed by atoms with Crippen LogP contribution in [0.3, 0.4) is 0 Å². The molecule has 106 valence electrons. The van der Waals surface area contributed by atoms with Gasteiger partial charge in [-0.3, -0.25) is 5.10 Å². The number of aromatic amines is 1. The molecule has 1 aromatic carbocycles. The van der Waals surface area contributed by atoms with Crippen molar-refractivity contribution < 1.29 is 4.74 Å². The van der Waals surface area contributed by atoms with Gasteiger partial charge < -0.3 is 10.5 Å². The smallest absolute Gasteiger partial charge is 0.145 e. The number of hydrogen-bond donors (Lipinski definition) is 2. The SMILES string of the molecule is COc1c(C)c2c(c(C)c1-c1cc(N)n[nH]1)CCCC2. The van der Waals surface area contributed by atoms with Crippen molar-refractivity contribution in [2.24, 2.45) is 0 Å². The Bertz CT molecular complexity index is 658. The molecule has 4 heteroatoms. The van der Waals surface area contributed by atoms with Gasteiger partial charge in [0.05, 0.1) is 12.8 Å². The highest BCUT2D eigenvalue weighted by Gasteiger charge is 2.23. The lowest BCUT2D eigenvalue weighted by Crippen LogP contribution is -2.10. The van der Waals surface area contributed by atoms with Gasteiger partial charge in [0, 0.05) is 11.6 Å². The summed E-state index contributed by atoms with van der Waals surface area (Å²) in [5, 5.41) is 7.06. The fraction of sp³-hybridized carbons (Fsp3) is 0.438. The molecule has 0 atom stereocenters. The molecular weight excluding hydrogens is 250 g/mol. The van der Waals surface area contributed by atoms with Crippen LogP contribution in [0.4, 0.5) is 5.82 Å². The fourth-order valence-corrected chi connectivity index (χ4v) is 3.42. The summed E-state index contributed by atoms with van der Waals surface area (Å²) < 4.78 is 5.70. The second-order valence-corrected chi connectivity index (χ2v) is 5.53. The first-order valence-corrected chi connectivity index (χ1v) is 7.13. The lowest BCUT2D eigenvalue weighted by Gasteiger charge is -2.25. The van der Waals surface area contributed by atoms with Crippen LogP contribution in [0, 0.1) is 13.8 Å². The van der Waals surface area contributed by atoms with E-state index in [1.54, 1.807) is 7.11 Å². The van der Waals surface area contributed by atoms with Crippen molar-refractivity contribution in [1.82, 2.24) is 10.2 Å². The lowest BCUT2D eigenvalue weighted by atomic mass is 9.82. The monoisotopic (exact) mass is 271 g/mol. The number of benzene rings is 1. The average Bonchev–Trinajstić information content (AvgIpc) is 2.88. The number of fused-ring (bicyclic) bond motifs is 1. The maximum absolute atomic E-state index is 5.75. The molecular formula is C16H21N3O. The Morgan fingerprint density at radius 2 is 1.80 bits per heavy atom. The van der Waals surface area contributed by atoms with Crippen molar-refractivity contribution in [1.29, 1.82) is 0 Å². The lowest BCUT2D eigenvalue weighted by molar-refractivity contribution is 0.411. The van der Waals surface area contributed by atoms with Gasteiger partial charge >= 0.3 is 0 Å². The maximum atomic E-state index is 5.75. The summed E-state index contributed by atoms with van der Waals surface area (Å²) in [6, 6.07) is 1.87. The quantitative estimate of drug-likeness (QED) is 0.881. The zero-order chi connectivity index (χ0) is 14.3. The third-order valence-electron chi connectivity index (χ3n) is 4.39. The highest BCUT2D eigenvalue weighted by Crippen LogP contribution is 2.42. The number of methoxy groups -OCH3 is 1. The molecule has 0 aliphatic heterocycles. The molecule has 4 nitrogen and oxygen atoms in total. The number of nitrogen functional groups attached to an aromatic ring is 1. The Balaban J connectivity index is 2.30. The van der Waals surface area contributed by atoms with E-state index >= 15 is 0 Å². The predicted molar refractivity (Wildman–Crippen MR) is 81.1 cm³/mol. The van der Waals surface area contributed by atoms with Crippen LogP contribution in [0.1, 0.15) is 35.1 Å². The number of nitrogens with zero attached hydrogens (tertiary/aromatic N) is 1. The summed E-state index contributed by atoms with van der Waals surface area (Å²) in [5.41, 5.74) is 13.3. The average molecular weight is 271 g/mol. The number of nitrogens with two attached hydrogens (primary N) is 1. The number of rotatable bonds is 2. The third kappa shape index (κ3) is 1.87. The summed E-state index contributed by atoms with van der Waals surface area (Å²) >= 11 is 0. The largest absolute Gasteiger partial charge is 0.496 e. The van der Waals surface area contributed by atoms with E-state index in [2.05, 4.69) is 24.0 Å². The fourth-order valence-electron chi connectivity index (χ4n) is 3.42. The van der Waals surface area contributed by atoms with Gasteiger partial charge in [0.2, 0.25) is 0 Å². The van der Waals surface area contributed by atoms with E-state index in [0.717, 1.165) is 29.8 Å². The first-order chi connectivity index (χ1) is 9.63. The van der Waals surface area contributed by atoms with Crippen LogP contribution in [0.2, 0.25) is 0 Å². The molecule has 0 saturated heterocycles. The van der Waals surface area contributed by atoms with Gasteiger partial charge in [0.1, 0.15) is 11.6 Å². The molecule has 3 N–H and O–H groups in total. The van der Waals surface area contributed by atoms with Crippen LogP contribution >= 0.6 is 0 Å². The minimum atomic E-state index is 0.511. The molecule has 3 rings (SSSR count). The predicted octanol–water partition coefficient (Wildman–Crippen LogP) is 3.16. The summed E-state index contributed by atoms with van der Waals surface area (Å²) in [6.07, 6.45) is 4.85. The number of nitrogens with one attached hydrogen (secondary N) is 1. The molecule has 0 fully saturated rings. The Morgan fingerprint density at radius 3 is 2.35 bits per heavy atom. The standard InChI is InChI=1S/C16H21N3O/c1-9-11-6-4-5-7-12(11)10(2)16(20-3)15(9)13-8-14(17)19-18-13/h8H,4-7H2,1-3H3,(H3,17,18,19). The van der Waals surface area contributed by atoms with Crippen LogP contribution in [0.5, 0.6) is 5.75 Å². The Kier molecular flexibility index (Phi) is 3.16. The van der Waals surface area contributed by atoms with Crippen molar-refractivity contribution in [3.63, 3.8) is 0 Å². The first kappa shape index (κ1) is 13.0. The van der Waals surface area contributed by atoms with Gasteiger partial charge in [-0.1, -0.05) is 0 Å². The molecule has 0 spiro atoms. The number of anilines is 1. The molecule has 0 bridgehead atoms. The minimum absolute atomic E-state index is 0.511. The van der Waals surface area contributed by atoms with Crippen molar-refractivity contribution in [2.45, 2.75) is 39.5 Å². The Labute approximate surface area is 119 Å². The molecule has 20 heavy (non-hydrogen) atoms. The molecule has 1 heterocycles. The van der Waals surface area contributed by atoms with E-state index in [-0.39, 0.29) is 0 Å². The second-order valence-electron chi connectivity index (χ2n) is 5.53. The van der Waals surface area contributed by atoms with Crippen LogP contribution in [0.15, 0.2) is 6.07 Å². The summed E-state index contributed by atoms with van der Waals surface area (Å²) in [6.45, 7) is 4.34. The molecule has 0 saturated carbocycles. The van der Waals surface area contributed by atoms with Crippen LogP contribution in [0.25, 0.3) is 11.3 Å². The Morgan fingerprint density at radius 1 is 1.15 bits per heavy atom. The maximum Gasteiger partial charge on any atom is 0.145 e. The van der Waals surface area contributed by atoms with E-state index in [1.165, 1.54) is 35.1 Å². The van der Waals surface area contributed by atoms with E-state index < -0.39 is 0 Å². The van der Waals surface area contributed by atoms with E-state index in [4.69, 9.17) is 10.5 Å².